The van der Waals surface area contributed by atoms with Crippen LogP contribution in [0.15, 0.2) is 11.6 Å². The first-order valence-electron chi connectivity index (χ1n) is 17.9. The minimum absolute atomic E-state index is 0.0729. The van der Waals surface area contributed by atoms with Gasteiger partial charge in [0.15, 0.2) is 12.1 Å². The van der Waals surface area contributed by atoms with Crippen LogP contribution < -0.4 is 0 Å². The first-order valence-corrected chi connectivity index (χ1v) is 17.9. The molecule has 2 saturated heterocycles. The number of cyclic esters (lactones) is 1. The maximum Gasteiger partial charge on any atom is 0.331 e. The molecule has 5 saturated carbocycles. The Balaban J connectivity index is 0.969. The number of hydrogen-bond donors (Lipinski definition) is 2. The summed E-state index contributed by atoms with van der Waals surface area (Å²) in [4.78, 5) is 25.1. The molecule has 7 fully saturated rings. The van der Waals surface area contributed by atoms with Crippen molar-refractivity contribution in [3.8, 4) is 0 Å². The summed E-state index contributed by atoms with van der Waals surface area (Å²) in [6.07, 6.45) is 12.3. The molecule has 2 N–H and O–H groups in total. The van der Waals surface area contributed by atoms with E-state index < -0.39 is 28.7 Å². The number of aliphatic hydroxyl groups is 2. The zero-order valence-corrected chi connectivity index (χ0v) is 27.2. The molecule has 8 aliphatic rings. The number of hydrogen-bond acceptors (Lipinski definition) is 9. The Morgan fingerprint density at radius 3 is 2.53 bits per heavy atom. The van der Waals surface area contributed by atoms with Crippen LogP contribution in [0.4, 0.5) is 0 Å². The third-order valence-corrected chi connectivity index (χ3v) is 14.6. The molecule has 5 aliphatic carbocycles. The van der Waals surface area contributed by atoms with Gasteiger partial charge in [0.25, 0.3) is 0 Å². The van der Waals surface area contributed by atoms with Gasteiger partial charge in [-0.2, -0.15) is 0 Å². The van der Waals surface area contributed by atoms with Gasteiger partial charge >= 0.3 is 5.97 Å². The Labute approximate surface area is 266 Å². The van der Waals surface area contributed by atoms with Gasteiger partial charge in [0, 0.05) is 36.7 Å². The summed E-state index contributed by atoms with van der Waals surface area (Å²) in [6, 6.07) is 0. The molecular weight excluding hydrogens is 576 g/mol. The van der Waals surface area contributed by atoms with Crippen LogP contribution in [-0.2, 0) is 33.3 Å². The molecule has 3 heterocycles. The van der Waals surface area contributed by atoms with Crippen LogP contribution in [0.3, 0.4) is 0 Å². The van der Waals surface area contributed by atoms with Crippen LogP contribution in [0.25, 0.3) is 0 Å². The van der Waals surface area contributed by atoms with Crippen LogP contribution >= 0.6 is 0 Å². The lowest BCUT2D eigenvalue weighted by atomic mass is 9.41. The summed E-state index contributed by atoms with van der Waals surface area (Å²) >= 11 is 0. The van der Waals surface area contributed by atoms with E-state index in [0.717, 1.165) is 50.4 Å². The van der Waals surface area contributed by atoms with Crippen molar-refractivity contribution in [2.45, 2.75) is 158 Å². The molecule has 45 heavy (non-hydrogen) atoms. The van der Waals surface area contributed by atoms with Gasteiger partial charge in [-0.05, 0) is 94.5 Å². The molecule has 0 aromatic heterocycles. The highest BCUT2D eigenvalue weighted by Gasteiger charge is 2.71. The van der Waals surface area contributed by atoms with Gasteiger partial charge in [0.05, 0.1) is 34.9 Å². The summed E-state index contributed by atoms with van der Waals surface area (Å²) in [5.74, 6) is -0.524. The van der Waals surface area contributed by atoms with Crippen molar-refractivity contribution >= 4 is 12.3 Å². The van der Waals surface area contributed by atoms with E-state index in [2.05, 4.69) is 13.8 Å². The Bertz CT molecular complexity index is 1250. The number of aldehydes is 1. The average Bonchev–Trinajstić information content (AvgIpc) is 3.68. The predicted octanol–water partition coefficient (Wildman–Crippen LogP) is 4.75. The standard InChI is InChI=1S/C36H52O9/c1-21-6-4-5-11-36(21)44-28-17-30(42-22(2)31(28)45-36)43-24-7-13-33(20-37)26-8-12-32(3)25(23-16-29(38)41-19-23)10-15-35(32,40)27(26)9-14-34(33,39)18-24/h16,20-22,24-28,30-31,39-40H,4-15,17-19H2,1-3H3/t21?,22?,24-,25+,26?,27?,28?,30-,31+,32+,33-,34-,35-,36?/m0/s1. The molecule has 1 spiro atoms. The first-order chi connectivity index (χ1) is 21.5. The quantitative estimate of drug-likeness (QED) is 0.258. The lowest BCUT2D eigenvalue weighted by molar-refractivity contribution is -0.278. The zero-order valence-electron chi connectivity index (χ0n) is 27.2. The molecule has 9 nitrogen and oxygen atoms in total. The van der Waals surface area contributed by atoms with Gasteiger partial charge in [-0.1, -0.05) is 20.3 Å². The third kappa shape index (κ3) is 4.32. The fourth-order valence-corrected chi connectivity index (χ4v) is 12.2. The molecule has 3 aliphatic heterocycles. The zero-order chi connectivity index (χ0) is 31.4. The maximum atomic E-state index is 13.2. The summed E-state index contributed by atoms with van der Waals surface area (Å²) in [5, 5.41) is 24.9. The largest absolute Gasteiger partial charge is 0.458 e. The molecule has 0 aromatic carbocycles. The van der Waals surface area contributed by atoms with Gasteiger partial charge in [-0.3, -0.25) is 0 Å². The second-order valence-electron chi connectivity index (χ2n) is 16.4. The topological polar surface area (TPSA) is 121 Å². The summed E-state index contributed by atoms with van der Waals surface area (Å²) < 4.78 is 31.5. The number of esters is 1. The molecular formula is C36H52O9. The number of rotatable bonds is 4. The normalized spacial score (nSPS) is 55.7. The van der Waals surface area contributed by atoms with E-state index in [1.165, 1.54) is 6.42 Å². The Kier molecular flexibility index (Phi) is 7.27. The molecule has 0 aromatic rings. The number of carbonyl (C=O) groups excluding carboxylic acids is 2. The molecule has 6 unspecified atom stereocenters. The Hall–Kier alpha value is -1.36. The van der Waals surface area contributed by atoms with Gasteiger partial charge in [-0.25, -0.2) is 4.79 Å². The second-order valence-corrected chi connectivity index (χ2v) is 16.4. The predicted molar refractivity (Wildman–Crippen MR) is 162 cm³/mol. The van der Waals surface area contributed by atoms with E-state index in [1.807, 2.05) is 6.92 Å². The minimum atomic E-state index is -1.19. The van der Waals surface area contributed by atoms with Gasteiger partial charge < -0.3 is 38.7 Å². The molecule has 0 amide bonds. The molecule has 0 bridgehead atoms. The van der Waals surface area contributed by atoms with Crippen LogP contribution in [0.1, 0.15) is 111 Å². The van der Waals surface area contributed by atoms with Crippen LogP contribution in [0.5, 0.6) is 0 Å². The van der Waals surface area contributed by atoms with Crippen molar-refractivity contribution in [1.82, 2.24) is 0 Å². The molecule has 0 radical (unpaired) electrons. The third-order valence-electron chi connectivity index (χ3n) is 14.6. The van der Waals surface area contributed by atoms with Crippen molar-refractivity contribution in [1.29, 1.82) is 0 Å². The summed E-state index contributed by atoms with van der Waals surface area (Å²) in [5.41, 5.74) is -2.44. The summed E-state index contributed by atoms with van der Waals surface area (Å²) in [6.45, 7) is 6.76. The van der Waals surface area contributed by atoms with E-state index in [0.29, 0.717) is 57.5 Å². The van der Waals surface area contributed by atoms with E-state index in [9.17, 15) is 19.8 Å². The van der Waals surface area contributed by atoms with Crippen LogP contribution in [0.2, 0.25) is 0 Å². The highest BCUT2D eigenvalue weighted by atomic mass is 16.8. The number of carbonyl (C=O) groups is 2. The SMILES string of the molecule is CC1O[C@@H](O[C@H]2CC[C@]3(C=O)C4CC[C@]5(C)[C@@H](C6=CC(=O)OC6)CC[C@]5(O)C4CC[C@]3(O)C2)CC2OC3(CCCCC3C)O[C@H]12. The lowest BCUT2D eigenvalue weighted by Gasteiger charge is -2.65. The average molecular weight is 629 g/mol. The van der Waals surface area contributed by atoms with Crippen LogP contribution in [-0.4, -0.2) is 76.8 Å². The van der Waals surface area contributed by atoms with Gasteiger partial charge in [0.2, 0.25) is 0 Å². The fraction of sp³-hybridized carbons (Fsp3) is 0.889. The van der Waals surface area contributed by atoms with E-state index in [-0.39, 0.29) is 53.6 Å². The van der Waals surface area contributed by atoms with E-state index >= 15 is 0 Å². The van der Waals surface area contributed by atoms with E-state index in [1.54, 1.807) is 6.08 Å². The second kappa shape index (κ2) is 10.6. The van der Waals surface area contributed by atoms with Crippen LogP contribution in [0, 0.1) is 34.5 Å². The monoisotopic (exact) mass is 628 g/mol. The molecule has 9 heteroatoms. The first kappa shape index (κ1) is 30.9. The Morgan fingerprint density at radius 2 is 1.78 bits per heavy atom. The van der Waals surface area contributed by atoms with Gasteiger partial charge in [-0.15, -0.1) is 0 Å². The van der Waals surface area contributed by atoms with Crippen molar-refractivity contribution in [3.05, 3.63) is 11.6 Å². The molecule has 8 rings (SSSR count). The lowest BCUT2D eigenvalue weighted by Crippen LogP contribution is -2.69. The number of fused-ring (bicyclic) bond motifs is 6. The molecule has 14 atom stereocenters. The fourth-order valence-electron chi connectivity index (χ4n) is 12.2. The minimum Gasteiger partial charge on any atom is -0.458 e. The van der Waals surface area contributed by atoms with Crippen molar-refractivity contribution in [2.24, 2.45) is 34.5 Å². The highest BCUT2D eigenvalue weighted by Crippen LogP contribution is 2.70. The number of ether oxygens (including phenoxy) is 5. The van der Waals surface area contributed by atoms with Crippen molar-refractivity contribution < 1.29 is 43.5 Å². The maximum absolute atomic E-state index is 13.2. The van der Waals surface area contributed by atoms with Crippen molar-refractivity contribution in [2.75, 3.05) is 6.61 Å². The Morgan fingerprint density at radius 1 is 0.956 bits per heavy atom. The highest BCUT2D eigenvalue weighted by molar-refractivity contribution is 5.85. The van der Waals surface area contributed by atoms with E-state index in [4.69, 9.17) is 23.7 Å². The van der Waals surface area contributed by atoms with Gasteiger partial charge in [0.1, 0.15) is 19.0 Å². The smallest absolute Gasteiger partial charge is 0.331 e. The summed E-state index contributed by atoms with van der Waals surface area (Å²) in [7, 11) is 0. The molecule has 250 valence electrons. The van der Waals surface area contributed by atoms with Crippen molar-refractivity contribution in [3.63, 3.8) is 0 Å².